The first-order valence-electron chi connectivity index (χ1n) is 6.65. The van der Waals surface area contributed by atoms with Gasteiger partial charge < -0.3 is 10.1 Å². The molecule has 1 N–H and O–H groups in total. The van der Waals surface area contributed by atoms with E-state index in [1.54, 1.807) is 6.20 Å². The molecule has 0 aliphatic rings. The van der Waals surface area contributed by atoms with Crippen LogP contribution in [0.25, 0.3) is 0 Å². The van der Waals surface area contributed by atoms with Gasteiger partial charge in [-0.25, -0.2) is 0 Å². The van der Waals surface area contributed by atoms with Gasteiger partial charge in [-0.2, -0.15) is 0 Å². The van der Waals surface area contributed by atoms with E-state index >= 15 is 0 Å². The molecule has 0 unspecified atom stereocenters. The summed E-state index contributed by atoms with van der Waals surface area (Å²) >= 11 is 0. The van der Waals surface area contributed by atoms with Gasteiger partial charge in [0.2, 0.25) is 0 Å². The predicted molar refractivity (Wildman–Crippen MR) is 77.1 cm³/mol. The van der Waals surface area contributed by atoms with Crippen molar-refractivity contribution in [2.24, 2.45) is 0 Å². The summed E-state index contributed by atoms with van der Waals surface area (Å²) in [7, 11) is 0. The molecule has 1 heterocycles. The van der Waals surface area contributed by atoms with Crippen LogP contribution < -0.4 is 10.1 Å². The molecule has 1 aromatic heterocycles. The molecule has 0 saturated carbocycles. The molecule has 3 heteroatoms. The van der Waals surface area contributed by atoms with Gasteiger partial charge in [0.1, 0.15) is 5.75 Å². The van der Waals surface area contributed by atoms with Gasteiger partial charge in [-0.05, 0) is 31.5 Å². The molecule has 0 saturated heterocycles. The van der Waals surface area contributed by atoms with Crippen molar-refractivity contribution in [1.29, 1.82) is 0 Å². The maximum atomic E-state index is 5.62. The summed E-state index contributed by atoms with van der Waals surface area (Å²) in [5.74, 6) is 0.955. The molecule has 0 radical (unpaired) electrons. The average molecular weight is 256 g/mol. The lowest BCUT2D eigenvalue weighted by molar-refractivity contribution is 0.335. The van der Waals surface area contributed by atoms with E-state index in [1.807, 2.05) is 37.4 Å². The summed E-state index contributed by atoms with van der Waals surface area (Å²) in [6, 6.07) is 12.4. The highest BCUT2D eigenvalue weighted by Crippen LogP contribution is 2.19. The molecule has 100 valence electrons. The minimum atomic E-state index is 0.267. The first-order chi connectivity index (χ1) is 9.31. The van der Waals surface area contributed by atoms with Crippen molar-refractivity contribution in [3.63, 3.8) is 0 Å². The van der Waals surface area contributed by atoms with Crippen molar-refractivity contribution in [1.82, 2.24) is 10.3 Å². The number of benzene rings is 1. The molecule has 0 amide bonds. The fraction of sp³-hybridized carbons (Fsp3) is 0.312. The second-order valence-electron chi connectivity index (χ2n) is 4.43. The van der Waals surface area contributed by atoms with Gasteiger partial charge in [-0.1, -0.05) is 24.3 Å². The van der Waals surface area contributed by atoms with E-state index in [4.69, 9.17) is 4.74 Å². The monoisotopic (exact) mass is 256 g/mol. The first kappa shape index (κ1) is 13.6. The first-order valence-corrected chi connectivity index (χ1v) is 6.65. The lowest BCUT2D eigenvalue weighted by Gasteiger charge is -2.15. The standard InChI is InChI=1S/C16H20N2O/c1-3-19-16-9-5-4-7-15(16)12-18-13(2)14-8-6-10-17-11-14/h4-11,13,18H,3,12H2,1-2H3/t13-/m1/s1. The Balaban J connectivity index is 1.99. The van der Waals surface area contributed by atoms with Gasteiger partial charge in [-0.3, -0.25) is 4.98 Å². The molecule has 0 spiro atoms. The van der Waals surface area contributed by atoms with Gasteiger partial charge in [0.05, 0.1) is 6.61 Å². The summed E-state index contributed by atoms with van der Waals surface area (Å²) < 4.78 is 5.62. The summed E-state index contributed by atoms with van der Waals surface area (Å²) in [6.07, 6.45) is 3.69. The average Bonchev–Trinajstić information content (AvgIpc) is 2.47. The van der Waals surface area contributed by atoms with Crippen LogP contribution in [0, 0.1) is 0 Å². The van der Waals surface area contributed by atoms with Gasteiger partial charge in [0, 0.05) is 30.5 Å². The minimum Gasteiger partial charge on any atom is -0.494 e. The third-order valence-electron chi connectivity index (χ3n) is 3.06. The summed E-state index contributed by atoms with van der Waals surface area (Å²) in [5, 5.41) is 3.49. The topological polar surface area (TPSA) is 34.1 Å². The molecule has 2 aromatic rings. The summed E-state index contributed by atoms with van der Waals surface area (Å²) in [6.45, 7) is 5.62. The SMILES string of the molecule is CCOc1ccccc1CN[C@H](C)c1cccnc1. The van der Waals surface area contributed by atoms with Crippen molar-refractivity contribution in [3.05, 3.63) is 59.9 Å². The van der Waals surface area contributed by atoms with E-state index in [0.717, 1.165) is 12.3 Å². The van der Waals surface area contributed by atoms with E-state index in [0.29, 0.717) is 6.61 Å². The number of para-hydroxylation sites is 1. The van der Waals surface area contributed by atoms with E-state index in [2.05, 4.69) is 29.4 Å². The molecule has 19 heavy (non-hydrogen) atoms. The normalized spacial score (nSPS) is 12.1. The highest BCUT2D eigenvalue weighted by Gasteiger charge is 2.07. The second kappa shape index (κ2) is 6.90. The number of pyridine rings is 1. The van der Waals surface area contributed by atoms with Crippen LogP contribution in [0.3, 0.4) is 0 Å². The highest BCUT2D eigenvalue weighted by atomic mass is 16.5. The van der Waals surface area contributed by atoms with Crippen LogP contribution in [0.1, 0.15) is 31.0 Å². The maximum Gasteiger partial charge on any atom is 0.123 e. The van der Waals surface area contributed by atoms with Crippen molar-refractivity contribution in [2.75, 3.05) is 6.61 Å². The Kier molecular flexibility index (Phi) is 4.93. The fourth-order valence-electron chi connectivity index (χ4n) is 1.96. The summed E-state index contributed by atoms with van der Waals surface area (Å²) in [4.78, 5) is 4.14. The van der Waals surface area contributed by atoms with Gasteiger partial charge in [-0.15, -0.1) is 0 Å². The van der Waals surface area contributed by atoms with Crippen LogP contribution >= 0.6 is 0 Å². The van der Waals surface area contributed by atoms with E-state index in [9.17, 15) is 0 Å². The zero-order chi connectivity index (χ0) is 13.5. The van der Waals surface area contributed by atoms with Gasteiger partial charge in [0.15, 0.2) is 0 Å². The van der Waals surface area contributed by atoms with Crippen LogP contribution in [-0.2, 0) is 6.54 Å². The number of ether oxygens (including phenoxy) is 1. The van der Waals surface area contributed by atoms with Crippen LogP contribution in [0.5, 0.6) is 5.75 Å². The number of nitrogens with zero attached hydrogens (tertiary/aromatic N) is 1. The van der Waals surface area contributed by atoms with Crippen molar-refractivity contribution >= 4 is 0 Å². The number of nitrogens with one attached hydrogen (secondary N) is 1. The number of aromatic nitrogens is 1. The number of hydrogen-bond acceptors (Lipinski definition) is 3. The molecule has 1 aromatic carbocycles. The molecular weight excluding hydrogens is 236 g/mol. The van der Waals surface area contributed by atoms with Gasteiger partial charge >= 0.3 is 0 Å². The molecule has 0 aliphatic heterocycles. The van der Waals surface area contributed by atoms with Crippen molar-refractivity contribution in [2.45, 2.75) is 26.4 Å². The second-order valence-corrected chi connectivity index (χ2v) is 4.43. The van der Waals surface area contributed by atoms with Crippen LogP contribution in [0.2, 0.25) is 0 Å². The zero-order valence-electron chi connectivity index (χ0n) is 11.5. The molecule has 3 nitrogen and oxygen atoms in total. The minimum absolute atomic E-state index is 0.267. The smallest absolute Gasteiger partial charge is 0.123 e. The Morgan fingerprint density at radius 3 is 2.79 bits per heavy atom. The van der Waals surface area contributed by atoms with E-state index in [-0.39, 0.29) is 6.04 Å². The lowest BCUT2D eigenvalue weighted by Crippen LogP contribution is -2.18. The summed E-state index contributed by atoms with van der Waals surface area (Å²) in [5.41, 5.74) is 2.37. The zero-order valence-corrected chi connectivity index (χ0v) is 11.5. The predicted octanol–water partition coefficient (Wildman–Crippen LogP) is 3.33. The Bertz CT molecular complexity index is 499. The molecule has 2 rings (SSSR count). The van der Waals surface area contributed by atoms with Crippen LogP contribution in [-0.4, -0.2) is 11.6 Å². The van der Waals surface area contributed by atoms with Crippen molar-refractivity contribution in [3.8, 4) is 5.75 Å². The highest BCUT2D eigenvalue weighted by molar-refractivity contribution is 5.33. The van der Waals surface area contributed by atoms with E-state index in [1.165, 1.54) is 11.1 Å². The molecule has 1 atom stereocenters. The molecule has 0 aliphatic carbocycles. The number of hydrogen-bond donors (Lipinski definition) is 1. The fourth-order valence-corrected chi connectivity index (χ4v) is 1.96. The van der Waals surface area contributed by atoms with Crippen LogP contribution in [0.15, 0.2) is 48.8 Å². The molecule has 0 bridgehead atoms. The molecular formula is C16H20N2O. The Labute approximate surface area is 114 Å². The Hall–Kier alpha value is -1.87. The van der Waals surface area contributed by atoms with Crippen molar-refractivity contribution < 1.29 is 4.74 Å². The lowest BCUT2D eigenvalue weighted by atomic mass is 10.1. The largest absolute Gasteiger partial charge is 0.494 e. The third kappa shape index (κ3) is 3.80. The molecule has 0 fully saturated rings. The maximum absolute atomic E-state index is 5.62. The third-order valence-corrected chi connectivity index (χ3v) is 3.06. The quantitative estimate of drug-likeness (QED) is 0.860. The Morgan fingerprint density at radius 2 is 2.05 bits per heavy atom. The number of rotatable bonds is 6. The van der Waals surface area contributed by atoms with E-state index < -0.39 is 0 Å². The van der Waals surface area contributed by atoms with Gasteiger partial charge in [0.25, 0.3) is 0 Å². The van der Waals surface area contributed by atoms with Crippen LogP contribution in [0.4, 0.5) is 0 Å². The Morgan fingerprint density at radius 1 is 1.21 bits per heavy atom.